The number of β-amino-alcohol motifs (C(OH)–C–C–N with tert-alkyl or cyclic N) is 1. The maximum Gasteiger partial charge on any atom is 0.265 e. The molecular weight excluding hydrogens is 496 g/mol. The second kappa shape index (κ2) is 11.4. The van der Waals surface area contributed by atoms with E-state index < -0.39 is 23.3 Å². The van der Waals surface area contributed by atoms with Gasteiger partial charge in [-0.2, -0.15) is 0 Å². The van der Waals surface area contributed by atoms with E-state index in [4.69, 9.17) is 4.99 Å². The average molecular weight is 532 g/mol. The number of nitrogens with zero attached hydrogens (tertiary/aromatic N) is 3. The number of carbonyl (C=O) groups is 1. The number of aliphatic hydroxyl groups is 1. The Labute approximate surface area is 228 Å². The summed E-state index contributed by atoms with van der Waals surface area (Å²) in [5.41, 5.74) is 0.878. The Morgan fingerprint density at radius 1 is 0.872 bits per heavy atom. The van der Waals surface area contributed by atoms with Crippen molar-refractivity contribution in [3.8, 4) is 0 Å². The number of carbonyl (C=O) groups excluding carboxylic acids is 1. The fraction of sp³-hybridized carbons (Fsp3) is 0.375. The molecule has 0 saturated carbocycles. The molecule has 1 unspecified atom stereocenters. The lowest BCUT2D eigenvalue weighted by atomic mass is 9.82. The van der Waals surface area contributed by atoms with Gasteiger partial charge in [-0.3, -0.25) is 9.69 Å². The van der Waals surface area contributed by atoms with Crippen molar-refractivity contribution in [3.63, 3.8) is 0 Å². The molecule has 0 aromatic heterocycles. The van der Waals surface area contributed by atoms with Gasteiger partial charge < -0.3 is 10.0 Å². The van der Waals surface area contributed by atoms with Crippen LogP contribution in [0.4, 0.5) is 8.78 Å². The van der Waals surface area contributed by atoms with Gasteiger partial charge >= 0.3 is 0 Å². The van der Waals surface area contributed by atoms with Gasteiger partial charge in [0.05, 0.1) is 12.6 Å². The van der Waals surface area contributed by atoms with Crippen molar-refractivity contribution in [3.05, 3.63) is 107 Å². The molecule has 204 valence electrons. The van der Waals surface area contributed by atoms with Crippen molar-refractivity contribution >= 4 is 11.7 Å². The van der Waals surface area contributed by atoms with Crippen LogP contribution in [-0.2, 0) is 10.3 Å². The highest BCUT2D eigenvalue weighted by Gasteiger charge is 2.51. The zero-order chi connectivity index (χ0) is 27.6. The number of aliphatic hydroxyl groups excluding tert-OH is 1. The molecule has 2 heterocycles. The highest BCUT2D eigenvalue weighted by Crippen LogP contribution is 2.41. The van der Waals surface area contributed by atoms with Gasteiger partial charge in [-0.05, 0) is 72.8 Å². The van der Waals surface area contributed by atoms with E-state index in [2.05, 4.69) is 29.2 Å². The van der Waals surface area contributed by atoms with Crippen molar-refractivity contribution in [1.82, 2.24) is 9.80 Å². The number of aliphatic imine (C=N–C) groups is 1. The highest BCUT2D eigenvalue weighted by atomic mass is 19.1. The number of hydrogen-bond acceptors (Lipinski definition) is 4. The zero-order valence-corrected chi connectivity index (χ0v) is 22.4. The summed E-state index contributed by atoms with van der Waals surface area (Å²) in [6.45, 7) is 6.21. The number of amidine groups is 1. The maximum absolute atomic E-state index is 14.2. The van der Waals surface area contributed by atoms with E-state index in [1.165, 1.54) is 29.8 Å². The Kier molecular flexibility index (Phi) is 7.91. The van der Waals surface area contributed by atoms with Crippen LogP contribution < -0.4 is 0 Å². The van der Waals surface area contributed by atoms with Crippen molar-refractivity contribution in [2.75, 3.05) is 26.2 Å². The minimum Gasteiger partial charge on any atom is -0.390 e. The maximum atomic E-state index is 14.2. The van der Waals surface area contributed by atoms with Crippen molar-refractivity contribution in [1.29, 1.82) is 0 Å². The Balaban J connectivity index is 1.36. The van der Waals surface area contributed by atoms with Crippen LogP contribution in [0.3, 0.4) is 0 Å². The first-order valence-electron chi connectivity index (χ1n) is 13.7. The first-order chi connectivity index (χ1) is 18.8. The van der Waals surface area contributed by atoms with Crippen LogP contribution in [0, 0.1) is 17.6 Å². The molecule has 1 atom stereocenters. The molecule has 2 aliphatic heterocycles. The Morgan fingerprint density at radius 3 is 1.92 bits per heavy atom. The van der Waals surface area contributed by atoms with Crippen LogP contribution in [-0.4, -0.2) is 58.9 Å². The van der Waals surface area contributed by atoms with Crippen LogP contribution in [0.15, 0.2) is 83.9 Å². The number of hydrogen-bond donors (Lipinski definition) is 1. The predicted molar refractivity (Wildman–Crippen MR) is 148 cm³/mol. The molecule has 2 aliphatic rings. The summed E-state index contributed by atoms with van der Waals surface area (Å²) in [6, 6.07) is 21.9. The van der Waals surface area contributed by atoms with Gasteiger partial charge in [0.1, 0.15) is 17.5 Å². The molecular formula is C32H35F2N3O2. The number of benzene rings is 3. The third-order valence-electron chi connectivity index (χ3n) is 7.87. The van der Waals surface area contributed by atoms with E-state index in [1.807, 2.05) is 19.9 Å². The van der Waals surface area contributed by atoms with E-state index in [1.54, 1.807) is 29.2 Å². The van der Waals surface area contributed by atoms with E-state index in [-0.39, 0.29) is 18.4 Å². The quantitative estimate of drug-likeness (QED) is 0.427. The van der Waals surface area contributed by atoms with Crippen molar-refractivity contribution in [2.45, 2.75) is 44.2 Å². The summed E-state index contributed by atoms with van der Waals surface area (Å²) >= 11 is 0. The second-order valence-corrected chi connectivity index (χ2v) is 10.9. The standard InChI is InChI=1S/C32H35F2N3O2/c1-22(2)30-35-32(25-8-12-27(33)13-9-25,26-10-14-28(34)15-11-26)31(39)37(30)21-29(38)20-36-18-16-24(17-19-36)23-6-4-3-5-7-23/h3-15,22,24,29,38H,16-21H2,1-2H3. The molecule has 39 heavy (non-hydrogen) atoms. The summed E-state index contributed by atoms with van der Waals surface area (Å²) in [5.74, 6) is -0.205. The summed E-state index contributed by atoms with van der Waals surface area (Å²) < 4.78 is 27.7. The van der Waals surface area contributed by atoms with Gasteiger partial charge in [0.2, 0.25) is 0 Å². The molecule has 5 nitrogen and oxygen atoms in total. The van der Waals surface area contributed by atoms with E-state index >= 15 is 0 Å². The lowest BCUT2D eigenvalue weighted by Gasteiger charge is -2.34. The van der Waals surface area contributed by atoms with E-state index in [9.17, 15) is 18.7 Å². The Hall–Kier alpha value is -3.42. The SMILES string of the molecule is CC(C)C1=NC(c2ccc(F)cc2)(c2ccc(F)cc2)C(=O)N1CC(O)CN1CCC(c2ccccc2)CC1. The first kappa shape index (κ1) is 27.2. The third kappa shape index (κ3) is 5.52. The number of likely N-dealkylation sites (tertiary alicyclic amines) is 1. The Morgan fingerprint density at radius 2 is 1.41 bits per heavy atom. The van der Waals surface area contributed by atoms with Crippen molar-refractivity contribution < 1.29 is 18.7 Å². The zero-order valence-electron chi connectivity index (χ0n) is 22.4. The summed E-state index contributed by atoms with van der Waals surface area (Å²) in [4.78, 5) is 23.0. The molecule has 1 N–H and O–H groups in total. The molecule has 7 heteroatoms. The lowest BCUT2D eigenvalue weighted by molar-refractivity contribution is -0.131. The van der Waals surface area contributed by atoms with E-state index in [0.29, 0.717) is 29.4 Å². The molecule has 1 fully saturated rings. The van der Waals surface area contributed by atoms with Gasteiger partial charge in [-0.15, -0.1) is 0 Å². The summed E-state index contributed by atoms with van der Waals surface area (Å²) in [6.07, 6.45) is 1.27. The molecule has 1 amide bonds. The first-order valence-corrected chi connectivity index (χ1v) is 13.7. The fourth-order valence-corrected chi connectivity index (χ4v) is 5.86. The molecule has 5 rings (SSSR count). The fourth-order valence-electron chi connectivity index (χ4n) is 5.86. The van der Waals surface area contributed by atoms with Crippen LogP contribution in [0.2, 0.25) is 0 Å². The molecule has 0 spiro atoms. The number of amides is 1. The number of rotatable bonds is 8. The summed E-state index contributed by atoms with van der Waals surface area (Å²) in [5, 5.41) is 11.2. The monoisotopic (exact) mass is 531 g/mol. The lowest BCUT2D eigenvalue weighted by Crippen LogP contribution is -2.48. The van der Waals surface area contributed by atoms with Gasteiger partial charge in [-0.25, -0.2) is 13.8 Å². The molecule has 0 bridgehead atoms. The molecule has 3 aromatic rings. The van der Waals surface area contributed by atoms with Gasteiger partial charge in [0.15, 0.2) is 5.54 Å². The van der Waals surface area contributed by atoms with Crippen LogP contribution in [0.25, 0.3) is 0 Å². The van der Waals surface area contributed by atoms with Gasteiger partial charge in [0.25, 0.3) is 5.91 Å². The second-order valence-electron chi connectivity index (χ2n) is 10.9. The highest BCUT2D eigenvalue weighted by molar-refractivity contribution is 6.11. The summed E-state index contributed by atoms with van der Waals surface area (Å²) in [7, 11) is 0. The van der Waals surface area contributed by atoms with Crippen molar-refractivity contribution in [2.24, 2.45) is 10.9 Å². The number of piperidine rings is 1. The minimum atomic E-state index is -1.48. The molecule has 3 aromatic carbocycles. The predicted octanol–water partition coefficient (Wildman–Crippen LogP) is 5.35. The average Bonchev–Trinajstić information content (AvgIpc) is 3.23. The van der Waals surface area contributed by atoms with Crippen LogP contribution in [0.1, 0.15) is 49.3 Å². The van der Waals surface area contributed by atoms with Crippen LogP contribution in [0.5, 0.6) is 0 Å². The largest absolute Gasteiger partial charge is 0.390 e. The van der Waals surface area contributed by atoms with Gasteiger partial charge in [-0.1, -0.05) is 68.4 Å². The number of halogens is 2. The molecule has 1 saturated heterocycles. The molecule has 0 aliphatic carbocycles. The normalized spacial score (nSPS) is 19.0. The molecule has 0 radical (unpaired) electrons. The minimum absolute atomic E-state index is 0.0958. The Bertz CT molecular complexity index is 1260. The smallest absolute Gasteiger partial charge is 0.265 e. The topological polar surface area (TPSA) is 56.1 Å². The van der Waals surface area contributed by atoms with E-state index in [0.717, 1.165) is 25.9 Å². The third-order valence-corrected chi connectivity index (χ3v) is 7.87. The van der Waals surface area contributed by atoms with Crippen LogP contribution >= 0.6 is 0 Å². The van der Waals surface area contributed by atoms with Gasteiger partial charge in [0, 0.05) is 12.5 Å².